The van der Waals surface area contributed by atoms with Gasteiger partial charge in [0.1, 0.15) is 5.75 Å². The lowest BCUT2D eigenvalue weighted by molar-refractivity contribution is -0.117. The number of carbonyl (C=O) groups is 1. The van der Waals surface area contributed by atoms with Crippen LogP contribution in [0, 0.1) is 13.8 Å². The molecule has 0 aliphatic carbocycles. The van der Waals surface area contributed by atoms with Crippen LogP contribution in [0.4, 0.5) is 5.69 Å². The average Bonchev–Trinajstić information content (AvgIpc) is 2.68. The van der Waals surface area contributed by atoms with Gasteiger partial charge in [-0.1, -0.05) is 23.8 Å². The van der Waals surface area contributed by atoms with Gasteiger partial charge in [-0.2, -0.15) is 0 Å². The quantitative estimate of drug-likeness (QED) is 0.812. The van der Waals surface area contributed by atoms with Crippen molar-refractivity contribution in [2.45, 2.75) is 32.7 Å². The molecule has 4 nitrogen and oxygen atoms in total. The number of aryl methyl sites for hydroxylation is 2. The van der Waals surface area contributed by atoms with E-state index in [1.165, 1.54) is 16.8 Å². The lowest BCUT2D eigenvalue weighted by Crippen LogP contribution is -2.44. The topological polar surface area (TPSA) is 41.6 Å². The van der Waals surface area contributed by atoms with Crippen molar-refractivity contribution in [1.82, 2.24) is 5.32 Å². The zero-order valence-corrected chi connectivity index (χ0v) is 16.4. The van der Waals surface area contributed by atoms with Gasteiger partial charge in [-0.15, -0.1) is 0 Å². The van der Waals surface area contributed by atoms with Crippen molar-refractivity contribution < 1.29 is 9.53 Å². The van der Waals surface area contributed by atoms with Crippen LogP contribution >= 0.6 is 0 Å². The Hall–Kier alpha value is -2.75. The van der Waals surface area contributed by atoms with Crippen molar-refractivity contribution in [3.63, 3.8) is 0 Å². The van der Waals surface area contributed by atoms with Crippen LogP contribution in [0.5, 0.6) is 5.75 Å². The summed E-state index contributed by atoms with van der Waals surface area (Å²) in [6.07, 6.45) is 5.45. The van der Waals surface area contributed by atoms with Crippen molar-refractivity contribution in [3.05, 3.63) is 65.2 Å². The van der Waals surface area contributed by atoms with E-state index in [0.29, 0.717) is 0 Å². The molecule has 0 bridgehead atoms. The van der Waals surface area contributed by atoms with Gasteiger partial charge in [-0.05, 0) is 68.2 Å². The Bertz CT molecular complexity index is 804. The zero-order valence-electron chi connectivity index (χ0n) is 16.4. The summed E-state index contributed by atoms with van der Waals surface area (Å²) < 4.78 is 5.21. The summed E-state index contributed by atoms with van der Waals surface area (Å²) in [6.45, 7) is 6.03. The summed E-state index contributed by atoms with van der Waals surface area (Å²) in [5.74, 6) is 0.856. The number of methoxy groups -OCH3 is 1. The first-order valence-electron chi connectivity index (χ1n) is 9.50. The number of amides is 1. The Kier molecular flexibility index (Phi) is 6.17. The summed E-state index contributed by atoms with van der Waals surface area (Å²) in [6, 6.07) is 14.6. The molecular formula is C23H28N2O2. The first-order chi connectivity index (χ1) is 13.0. The van der Waals surface area contributed by atoms with Crippen LogP contribution in [0.2, 0.25) is 0 Å². The van der Waals surface area contributed by atoms with E-state index in [4.69, 9.17) is 4.74 Å². The number of benzene rings is 2. The average molecular weight is 364 g/mol. The van der Waals surface area contributed by atoms with Crippen molar-refractivity contribution >= 4 is 17.7 Å². The zero-order chi connectivity index (χ0) is 19.2. The maximum absolute atomic E-state index is 12.3. The van der Waals surface area contributed by atoms with Crippen LogP contribution < -0.4 is 15.0 Å². The first kappa shape index (κ1) is 19.0. The van der Waals surface area contributed by atoms with Crippen molar-refractivity contribution in [3.8, 4) is 5.75 Å². The van der Waals surface area contributed by atoms with Crippen LogP contribution in [0.1, 0.15) is 29.5 Å². The summed E-state index contributed by atoms with van der Waals surface area (Å²) in [7, 11) is 1.68. The van der Waals surface area contributed by atoms with E-state index >= 15 is 0 Å². The Morgan fingerprint density at radius 1 is 1.11 bits per heavy atom. The fourth-order valence-corrected chi connectivity index (χ4v) is 3.50. The van der Waals surface area contributed by atoms with Gasteiger partial charge in [0.25, 0.3) is 0 Å². The molecule has 3 rings (SSSR count). The summed E-state index contributed by atoms with van der Waals surface area (Å²) >= 11 is 0. The Balaban J connectivity index is 1.49. The van der Waals surface area contributed by atoms with E-state index < -0.39 is 0 Å². The molecule has 4 heteroatoms. The smallest absolute Gasteiger partial charge is 0.244 e. The maximum Gasteiger partial charge on any atom is 0.244 e. The number of nitrogens with zero attached hydrogens (tertiary/aromatic N) is 1. The number of rotatable bonds is 5. The molecule has 2 aromatic carbocycles. The van der Waals surface area contributed by atoms with E-state index in [0.717, 1.165) is 37.2 Å². The first-order valence-corrected chi connectivity index (χ1v) is 9.50. The SMILES string of the molecule is COc1ccc(N2CCC(NC(=O)/C=C/c3ccc(C)cc3C)CC2)cc1. The molecule has 0 saturated carbocycles. The van der Waals surface area contributed by atoms with E-state index in [1.54, 1.807) is 13.2 Å². The van der Waals surface area contributed by atoms with E-state index in [1.807, 2.05) is 18.2 Å². The van der Waals surface area contributed by atoms with Gasteiger partial charge in [0.05, 0.1) is 7.11 Å². The lowest BCUT2D eigenvalue weighted by atomic mass is 10.0. The molecule has 1 aliphatic rings. The minimum atomic E-state index is -0.0159. The second kappa shape index (κ2) is 8.76. The third kappa shape index (κ3) is 5.13. The lowest BCUT2D eigenvalue weighted by Gasteiger charge is -2.33. The Morgan fingerprint density at radius 3 is 2.44 bits per heavy atom. The number of ether oxygens (including phenoxy) is 1. The molecule has 27 heavy (non-hydrogen) atoms. The van der Waals surface area contributed by atoms with Crippen molar-refractivity contribution in [2.24, 2.45) is 0 Å². The summed E-state index contributed by atoms with van der Waals surface area (Å²) in [5, 5.41) is 3.14. The summed E-state index contributed by atoms with van der Waals surface area (Å²) in [5.41, 5.74) is 4.71. The second-order valence-electron chi connectivity index (χ2n) is 7.16. The van der Waals surface area contributed by atoms with Gasteiger partial charge in [0.15, 0.2) is 0 Å². The molecule has 1 heterocycles. The number of carbonyl (C=O) groups excluding carboxylic acids is 1. The molecule has 0 unspecified atom stereocenters. The number of anilines is 1. The molecule has 0 atom stereocenters. The minimum absolute atomic E-state index is 0.0159. The fraction of sp³-hybridized carbons (Fsp3) is 0.348. The molecule has 0 radical (unpaired) electrons. The van der Waals surface area contributed by atoms with Crippen LogP contribution in [-0.4, -0.2) is 32.1 Å². The third-order valence-corrected chi connectivity index (χ3v) is 5.12. The second-order valence-corrected chi connectivity index (χ2v) is 7.16. The van der Waals surface area contributed by atoms with Crippen LogP contribution in [-0.2, 0) is 4.79 Å². The van der Waals surface area contributed by atoms with Crippen molar-refractivity contribution in [1.29, 1.82) is 0 Å². The van der Waals surface area contributed by atoms with Gasteiger partial charge in [-0.3, -0.25) is 4.79 Å². The van der Waals surface area contributed by atoms with Gasteiger partial charge in [0.2, 0.25) is 5.91 Å². The number of nitrogens with one attached hydrogen (secondary N) is 1. The van der Waals surface area contributed by atoms with Gasteiger partial charge in [-0.25, -0.2) is 0 Å². The highest BCUT2D eigenvalue weighted by atomic mass is 16.5. The predicted octanol–water partition coefficient (Wildman–Crippen LogP) is 4.11. The highest BCUT2D eigenvalue weighted by molar-refractivity contribution is 5.92. The Morgan fingerprint density at radius 2 is 1.81 bits per heavy atom. The molecule has 2 aromatic rings. The number of hydrogen-bond acceptors (Lipinski definition) is 3. The minimum Gasteiger partial charge on any atom is -0.497 e. The highest BCUT2D eigenvalue weighted by Gasteiger charge is 2.20. The summed E-state index contributed by atoms with van der Waals surface area (Å²) in [4.78, 5) is 14.6. The standard InChI is InChI=1S/C23H28N2O2/c1-17-4-5-19(18(2)16-17)6-11-23(26)24-20-12-14-25(15-13-20)21-7-9-22(27-3)10-8-21/h4-11,16,20H,12-15H2,1-3H3,(H,24,26)/b11-6+. The van der Waals surface area contributed by atoms with Crippen LogP contribution in [0.25, 0.3) is 6.08 Å². The maximum atomic E-state index is 12.3. The predicted molar refractivity (Wildman–Crippen MR) is 111 cm³/mol. The third-order valence-electron chi connectivity index (χ3n) is 5.12. The van der Waals surface area contributed by atoms with Crippen LogP contribution in [0.3, 0.4) is 0 Å². The van der Waals surface area contributed by atoms with Gasteiger partial charge < -0.3 is 15.0 Å². The molecular weight excluding hydrogens is 336 g/mol. The van der Waals surface area contributed by atoms with E-state index in [-0.39, 0.29) is 11.9 Å². The van der Waals surface area contributed by atoms with Gasteiger partial charge in [0, 0.05) is 30.9 Å². The van der Waals surface area contributed by atoms with Crippen molar-refractivity contribution in [2.75, 3.05) is 25.1 Å². The Labute approximate surface area is 161 Å². The van der Waals surface area contributed by atoms with Crippen LogP contribution in [0.15, 0.2) is 48.5 Å². The molecule has 1 saturated heterocycles. The molecule has 142 valence electrons. The van der Waals surface area contributed by atoms with E-state index in [9.17, 15) is 4.79 Å². The van der Waals surface area contributed by atoms with Gasteiger partial charge >= 0.3 is 0 Å². The largest absolute Gasteiger partial charge is 0.497 e. The number of hydrogen-bond donors (Lipinski definition) is 1. The molecule has 0 spiro atoms. The molecule has 1 aliphatic heterocycles. The monoisotopic (exact) mass is 364 g/mol. The number of piperidine rings is 1. The molecule has 1 fully saturated rings. The van der Waals surface area contributed by atoms with E-state index in [2.05, 4.69) is 54.4 Å². The highest BCUT2D eigenvalue weighted by Crippen LogP contribution is 2.23. The normalized spacial score (nSPS) is 15.1. The molecule has 1 amide bonds. The molecule has 1 N–H and O–H groups in total. The fourth-order valence-electron chi connectivity index (χ4n) is 3.50. The molecule has 0 aromatic heterocycles.